The molecule has 5 rings (SSSR count). The number of hydrogen-bond acceptors (Lipinski definition) is 8. The van der Waals surface area contributed by atoms with E-state index in [1.807, 2.05) is 12.3 Å². The number of nitrogen functional groups attached to an aromatic ring is 1. The van der Waals surface area contributed by atoms with Gasteiger partial charge in [0.05, 0.1) is 23.4 Å². The van der Waals surface area contributed by atoms with Gasteiger partial charge in [-0.1, -0.05) is 13.8 Å². The van der Waals surface area contributed by atoms with Gasteiger partial charge in [-0.3, -0.25) is 4.98 Å². The molecule has 1 saturated heterocycles. The molecule has 0 radical (unpaired) electrons. The van der Waals surface area contributed by atoms with Crippen molar-refractivity contribution in [2.45, 2.75) is 25.9 Å². The lowest BCUT2D eigenvalue weighted by molar-refractivity contribution is 0.0250. The number of fused-ring (bicyclic) bond motifs is 1. The van der Waals surface area contributed by atoms with Gasteiger partial charge in [-0.25, -0.2) is 15.0 Å². The van der Waals surface area contributed by atoms with Crippen LogP contribution in [-0.2, 0) is 4.74 Å². The van der Waals surface area contributed by atoms with Gasteiger partial charge in [0.1, 0.15) is 18.2 Å². The van der Waals surface area contributed by atoms with Crippen molar-refractivity contribution < 1.29 is 4.74 Å². The third-order valence-electron chi connectivity index (χ3n) is 5.56. The molecule has 0 aromatic carbocycles. The average Bonchev–Trinajstić information content (AvgIpc) is 3.24. The molecular weight excluding hydrogens is 488 g/mol. The zero-order valence-electron chi connectivity index (χ0n) is 17.8. The van der Waals surface area contributed by atoms with Gasteiger partial charge in [0.2, 0.25) is 0 Å². The molecule has 0 bridgehead atoms. The highest BCUT2D eigenvalue weighted by atomic mass is 79.9. The molecule has 1 unspecified atom stereocenters. The Bertz CT molecular complexity index is 1270. The van der Waals surface area contributed by atoms with E-state index in [2.05, 4.69) is 62.6 Å². The van der Waals surface area contributed by atoms with Crippen molar-refractivity contribution in [3.05, 3.63) is 51.8 Å². The van der Waals surface area contributed by atoms with Crippen LogP contribution < -0.4 is 11.1 Å². The Labute approximate surface area is 198 Å². The second-order valence-electron chi connectivity index (χ2n) is 8.03. The van der Waals surface area contributed by atoms with E-state index in [1.54, 1.807) is 11.3 Å². The largest absolute Gasteiger partial charge is 0.383 e. The minimum Gasteiger partial charge on any atom is -0.383 e. The quantitative estimate of drug-likeness (QED) is 0.400. The molecule has 1 aliphatic heterocycles. The van der Waals surface area contributed by atoms with Gasteiger partial charge in [0.25, 0.3) is 0 Å². The Hall–Kier alpha value is -2.46. The summed E-state index contributed by atoms with van der Waals surface area (Å²) in [5.41, 5.74) is 11.8. The summed E-state index contributed by atoms with van der Waals surface area (Å²) in [6, 6.07) is 6.20. The van der Waals surface area contributed by atoms with E-state index in [0.29, 0.717) is 18.1 Å². The first-order valence-corrected chi connectivity index (χ1v) is 12.2. The van der Waals surface area contributed by atoms with E-state index in [9.17, 15) is 0 Å². The number of nitrogens with two attached hydrogens (primary N) is 1. The molecule has 0 spiro atoms. The smallest absolute Gasteiger partial charge is 0.165 e. The number of nitrogens with one attached hydrogen (secondary N) is 1. The van der Waals surface area contributed by atoms with Crippen LogP contribution >= 0.6 is 27.3 Å². The molecule has 1 aliphatic rings. The van der Waals surface area contributed by atoms with Gasteiger partial charge in [0.15, 0.2) is 5.65 Å². The van der Waals surface area contributed by atoms with Crippen LogP contribution in [0, 0.1) is 0 Å². The molecule has 1 atom stereocenters. The van der Waals surface area contributed by atoms with E-state index in [4.69, 9.17) is 20.4 Å². The lowest BCUT2D eigenvalue weighted by Crippen LogP contribution is -2.33. The highest BCUT2D eigenvalue weighted by Crippen LogP contribution is 2.44. The number of aromatic nitrogens is 4. The summed E-state index contributed by atoms with van der Waals surface area (Å²) in [6.07, 6.45) is 3.32. The van der Waals surface area contributed by atoms with Gasteiger partial charge in [-0.15, -0.1) is 11.3 Å². The Morgan fingerprint density at radius 3 is 2.78 bits per heavy atom. The molecule has 3 N–H and O–H groups in total. The SMILES string of the molecule is CC(C)c1c(-c2ccc(C3CNCCO3)nc2)nc2ncnc(N)c2c1-c1cc(Br)cs1. The van der Waals surface area contributed by atoms with Crippen LogP contribution in [0.2, 0.25) is 0 Å². The summed E-state index contributed by atoms with van der Waals surface area (Å²) < 4.78 is 6.88. The molecule has 4 aromatic heterocycles. The van der Waals surface area contributed by atoms with Crippen LogP contribution in [0.15, 0.2) is 40.6 Å². The minimum atomic E-state index is -0.0292. The number of rotatable bonds is 4. The number of halogens is 1. The van der Waals surface area contributed by atoms with E-state index in [0.717, 1.165) is 55.9 Å². The standard InChI is InChI=1S/C23H23BrN6OS/c1-12(2)18-19(17-7-14(24)10-32-17)20-22(25)28-11-29-23(20)30-21(18)13-3-4-15(27-8-13)16-9-26-5-6-31-16/h3-4,7-8,10-12,16,26H,5-6,9H2,1-2H3,(H2,25,28,29,30). The molecule has 9 heteroatoms. The first-order valence-electron chi connectivity index (χ1n) is 10.5. The number of hydrogen-bond donors (Lipinski definition) is 2. The van der Waals surface area contributed by atoms with Crippen molar-refractivity contribution in [2.24, 2.45) is 0 Å². The molecule has 1 fully saturated rings. The fraction of sp³-hybridized carbons (Fsp3) is 0.304. The average molecular weight is 511 g/mol. The van der Waals surface area contributed by atoms with Crippen LogP contribution in [0.4, 0.5) is 5.82 Å². The maximum Gasteiger partial charge on any atom is 0.165 e. The highest BCUT2D eigenvalue weighted by molar-refractivity contribution is 9.10. The van der Waals surface area contributed by atoms with Gasteiger partial charge >= 0.3 is 0 Å². The zero-order chi connectivity index (χ0) is 22.2. The predicted octanol–water partition coefficient (Wildman–Crippen LogP) is 4.94. The summed E-state index contributed by atoms with van der Waals surface area (Å²) in [7, 11) is 0. The first kappa shape index (κ1) is 21.4. The number of nitrogens with zero attached hydrogens (tertiary/aromatic N) is 4. The van der Waals surface area contributed by atoms with E-state index in [1.165, 1.54) is 6.33 Å². The molecule has 32 heavy (non-hydrogen) atoms. The number of morpholine rings is 1. The van der Waals surface area contributed by atoms with Crippen LogP contribution in [-0.4, -0.2) is 39.6 Å². The molecular formula is C23H23BrN6OS. The highest BCUT2D eigenvalue weighted by Gasteiger charge is 2.24. The van der Waals surface area contributed by atoms with Gasteiger partial charge < -0.3 is 15.8 Å². The number of anilines is 1. The fourth-order valence-electron chi connectivity index (χ4n) is 4.11. The van der Waals surface area contributed by atoms with E-state index < -0.39 is 0 Å². The van der Waals surface area contributed by atoms with Crippen molar-refractivity contribution in [1.29, 1.82) is 0 Å². The second kappa shape index (κ2) is 8.82. The van der Waals surface area contributed by atoms with Crippen LogP contribution in [0.3, 0.4) is 0 Å². The summed E-state index contributed by atoms with van der Waals surface area (Å²) in [5.74, 6) is 0.633. The number of ether oxygens (including phenoxy) is 1. The van der Waals surface area contributed by atoms with Crippen molar-refractivity contribution in [3.63, 3.8) is 0 Å². The second-order valence-corrected chi connectivity index (χ2v) is 9.85. The zero-order valence-corrected chi connectivity index (χ0v) is 20.2. The number of thiophene rings is 1. The topological polar surface area (TPSA) is 98.8 Å². The molecule has 164 valence electrons. The molecule has 5 heterocycles. The summed E-state index contributed by atoms with van der Waals surface area (Å²) >= 11 is 5.25. The monoisotopic (exact) mass is 510 g/mol. The third kappa shape index (κ3) is 3.90. The van der Waals surface area contributed by atoms with E-state index in [-0.39, 0.29) is 12.0 Å². The first-order chi connectivity index (χ1) is 15.5. The summed E-state index contributed by atoms with van der Waals surface area (Å²) in [6.45, 7) is 6.67. The number of pyridine rings is 2. The molecule has 0 amide bonds. The summed E-state index contributed by atoms with van der Waals surface area (Å²) in [5, 5.41) is 6.21. The Morgan fingerprint density at radius 2 is 2.12 bits per heavy atom. The van der Waals surface area contributed by atoms with Crippen LogP contribution in [0.5, 0.6) is 0 Å². The van der Waals surface area contributed by atoms with Crippen molar-refractivity contribution >= 4 is 44.1 Å². The Kier molecular flexibility index (Phi) is 5.90. The summed E-state index contributed by atoms with van der Waals surface area (Å²) in [4.78, 5) is 19.5. The Balaban J connectivity index is 1.72. The minimum absolute atomic E-state index is 0.0292. The van der Waals surface area contributed by atoms with Crippen LogP contribution in [0.1, 0.15) is 37.1 Å². The van der Waals surface area contributed by atoms with E-state index >= 15 is 0 Å². The van der Waals surface area contributed by atoms with Crippen molar-refractivity contribution in [2.75, 3.05) is 25.4 Å². The molecule has 4 aromatic rings. The molecule has 7 nitrogen and oxygen atoms in total. The lowest BCUT2D eigenvalue weighted by Gasteiger charge is -2.23. The third-order valence-corrected chi connectivity index (χ3v) is 7.27. The van der Waals surface area contributed by atoms with Gasteiger partial charge in [-0.05, 0) is 45.6 Å². The lowest BCUT2D eigenvalue weighted by atomic mass is 9.90. The van der Waals surface area contributed by atoms with Gasteiger partial charge in [-0.2, -0.15) is 0 Å². The molecule has 0 aliphatic carbocycles. The van der Waals surface area contributed by atoms with Crippen LogP contribution in [0.25, 0.3) is 32.7 Å². The maximum atomic E-state index is 6.33. The fourth-order valence-corrected chi connectivity index (χ4v) is 5.60. The molecule has 0 saturated carbocycles. The predicted molar refractivity (Wildman–Crippen MR) is 132 cm³/mol. The van der Waals surface area contributed by atoms with Crippen molar-refractivity contribution in [1.82, 2.24) is 25.3 Å². The normalized spacial score (nSPS) is 16.7. The van der Waals surface area contributed by atoms with Crippen molar-refractivity contribution in [3.8, 4) is 21.7 Å². The van der Waals surface area contributed by atoms with Gasteiger partial charge in [0, 0.05) is 45.1 Å². The maximum absolute atomic E-state index is 6.33. The Morgan fingerprint density at radius 1 is 1.25 bits per heavy atom.